The molecule has 0 bridgehead atoms. The van der Waals surface area contributed by atoms with E-state index in [2.05, 4.69) is 35.1 Å². The molecule has 0 amide bonds. The van der Waals surface area contributed by atoms with Crippen LogP contribution in [-0.4, -0.2) is 35.2 Å². The summed E-state index contributed by atoms with van der Waals surface area (Å²) in [5, 5.41) is 1.45. The molecule has 0 unspecified atom stereocenters. The van der Waals surface area contributed by atoms with Gasteiger partial charge in [-0.15, -0.1) is 0 Å². The molecule has 3 heterocycles. The summed E-state index contributed by atoms with van der Waals surface area (Å²) in [6.07, 6.45) is 11.2. The standard InChI is InChI=1S/C22H30N2O/c1-16-13-18(14-17-3-4-17)20(19-5-9-23-21(16)19)15-24-10-7-22(8-11-24)6-2-12-25-22/h5,9,13,17,23H,2-4,6-8,10-12,14-15H2,1H3. The Balaban J connectivity index is 1.40. The summed E-state index contributed by atoms with van der Waals surface area (Å²) in [5.41, 5.74) is 6.14. The number of H-pyrrole nitrogens is 1. The van der Waals surface area contributed by atoms with E-state index in [-0.39, 0.29) is 5.60 Å². The van der Waals surface area contributed by atoms with E-state index in [1.807, 2.05) is 0 Å². The van der Waals surface area contributed by atoms with Gasteiger partial charge >= 0.3 is 0 Å². The number of aromatic nitrogens is 1. The molecular weight excluding hydrogens is 308 g/mol. The second kappa shape index (κ2) is 6.14. The lowest BCUT2D eigenvalue weighted by atomic mass is 9.88. The first-order chi connectivity index (χ1) is 12.2. The minimum absolute atomic E-state index is 0.226. The maximum Gasteiger partial charge on any atom is 0.0707 e. The Labute approximate surface area is 150 Å². The summed E-state index contributed by atoms with van der Waals surface area (Å²) in [7, 11) is 0. The summed E-state index contributed by atoms with van der Waals surface area (Å²) in [5.74, 6) is 0.936. The van der Waals surface area contributed by atoms with Crippen molar-refractivity contribution >= 4 is 10.9 Å². The van der Waals surface area contributed by atoms with Crippen LogP contribution >= 0.6 is 0 Å². The first-order valence-corrected chi connectivity index (χ1v) is 10.2. The van der Waals surface area contributed by atoms with Gasteiger partial charge in [0.1, 0.15) is 0 Å². The van der Waals surface area contributed by atoms with Crippen molar-refractivity contribution in [2.45, 2.75) is 64.0 Å². The van der Waals surface area contributed by atoms with E-state index in [1.165, 1.54) is 74.5 Å². The summed E-state index contributed by atoms with van der Waals surface area (Å²) in [4.78, 5) is 6.13. The van der Waals surface area contributed by atoms with Crippen LogP contribution in [0.15, 0.2) is 18.3 Å². The molecule has 3 nitrogen and oxygen atoms in total. The summed E-state index contributed by atoms with van der Waals surface area (Å²) < 4.78 is 6.11. The van der Waals surface area contributed by atoms with Gasteiger partial charge < -0.3 is 9.72 Å². The number of nitrogens with one attached hydrogen (secondary N) is 1. The van der Waals surface area contributed by atoms with Crippen LogP contribution in [0.2, 0.25) is 0 Å². The highest BCUT2D eigenvalue weighted by Gasteiger charge is 2.38. The minimum Gasteiger partial charge on any atom is -0.375 e. The van der Waals surface area contributed by atoms with Crippen LogP contribution in [0, 0.1) is 12.8 Å². The molecule has 1 spiro atoms. The predicted molar refractivity (Wildman–Crippen MR) is 102 cm³/mol. The first kappa shape index (κ1) is 15.9. The van der Waals surface area contributed by atoms with Crippen LogP contribution in [-0.2, 0) is 17.7 Å². The van der Waals surface area contributed by atoms with Gasteiger partial charge in [0.05, 0.1) is 5.60 Å². The van der Waals surface area contributed by atoms with Gasteiger partial charge in [-0.2, -0.15) is 0 Å². The van der Waals surface area contributed by atoms with E-state index >= 15 is 0 Å². The number of aromatic amines is 1. The molecule has 3 heteroatoms. The van der Waals surface area contributed by atoms with Crippen molar-refractivity contribution in [2.24, 2.45) is 5.92 Å². The van der Waals surface area contributed by atoms with Gasteiger partial charge in [-0.05, 0) is 80.5 Å². The van der Waals surface area contributed by atoms with Crippen molar-refractivity contribution in [1.29, 1.82) is 0 Å². The fraction of sp³-hybridized carbons (Fsp3) is 0.636. The summed E-state index contributed by atoms with van der Waals surface area (Å²) in [6.45, 7) is 6.70. The lowest BCUT2D eigenvalue weighted by molar-refractivity contribution is -0.0447. The van der Waals surface area contributed by atoms with E-state index in [0.29, 0.717) is 0 Å². The van der Waals surface area contributed by atoms with Crippen molar-refractivity contribution in [1.82, 2.24) is 9.88 Å². The van der Waals surface area contributed by atoms with Crippen LogP contribution in [0.25, 0.3) is 10.9 Å². The summed E-state index contributed by atoms with van der Waals surface area (Å²) >= 11 is 0. The number of piperidine rings is 1. The Kier molecular flexibility index (Phi) is 3.90. The number of hydrogen-bond donors (Lipinski definition) is 1. The lowest BCUT2D eigenvalue weighted by Gasteiger charge is -2.39. The van der Waals surface area contributed by atoms with Gasteiger partial charge in [0.25, 0.3) is 0 Å². The van der Waals surface area contributed by atoms with Crippen LogP contribution in [0.3, 0.4) is 0 Å². The second-order valence-electron chi connectivity index (χ2n) is 8.66. The number of ether oxygens (including phenoxy) is 1. The molecule has 1 aromatic heterocycles. The van der Waals surface area contributed by atoms with Crippen LogP contribution in [0.4, 0.5) is 0 Å². The fourth-order valence-electron chi connectivity index (χ4n) is 5.03. The topological polar surface area (TPSA) is 28.3 Å². The van der Waals surface area contributed by atoms with E-state index in [9.17, 15) is 0 Å². The molecule has 1 N–H and O–H groups in total. The van der Waals surface area contributed by atoms with Crippen molar-refractivity contribution in [3.05, 3.63) is 35.0 Å². The van der Waals surface area contributed by atoms with Gasteiger partial charge in [-0.3, -0.25) is 4.90 Å². The molecule has 1 saturated carbocycles. The third kappa shape index (κ3) is 3.02. The number of benzene rings is 1. The van der Waals surface area contributed by atoms with Gasteiger partial charge in [0.2, 0.25) is 0 Å². The molecule has 3 fully saturated rings. The van der Waals surface area contributed by atoms with Gasteiger partial charge in [0, 0.05) is 43.3 Å². The Bertz CT molecular complexity index is 758. The number of nitrogens with zero attached hydrogens (tertiary/aromatic N) is 1. The number of aryl methyl sites for hydroxylation is 1. The Hall–Kier alpha value is -1.32. The second-order valence-corrected chi connectivity index (χ2v) is 8.66. The molecule has 134 valence electrons. The average molecular weight is 338 g/mol. The van der Waals surface area contributed by atoms with Gasteiger partial charge in [0.15, 0.2) is 0 Å². The lowest BCUT2D eigenvalue weighted by Crippen LogP contribution is -2.43. The monoisotopic (exact) mass is 338 g/mol. The van der Waals surface area contributed by atoms with Crippen molar-refractivity contribution in [2.75, 3.05) is 19.7 Å². The SMILES string of the molecule is Cc1cc(CC2CC2)c(CN2CCC3(CCCO3)CC2)c2cc[nH]c12. The van der Waals surface area contributed by atoms with E-state index in [0.717, 1.165) is 19.1 Å². The molecule has 1 aromatic carbocycles. The zero-order valence-electron chi connectivity index (χ0n) is 15.4. The summed E-state index contributed by atoms with van der Waals surface area (Å²) in [6, 6.07) is 4.75. The van der Waals surface area contributed by atoms with E-state index < -0.39 is 0 Å². The average Bonchev–Trinajstić information content (AvgIpc) is 3.10. The smallest absolute Gasteiger partial charge is 0.0707 e. The zero-order valence-corrected chi connectivity index (χ0v) is 15.4. The third-order valence-corrected chi connectivity index (χ3v) is 6.78. The molecular formula is C22H30N2O. The molecule has 2 aromatic rings. The molecule has 0 radical (unpaired) electrons. The minimum atomic E-state index is 0.226. The van der Waals surface area contributed by atoms with Gasteiger partial charge in [-0.1, -0.05) is 6.07 Å². The van der Waals surface area contributed by atoms with Crippen LogP contribution < -0.4 is 0 Å². The van der Waals surface area contributed by atoms with Crippen molar-refractivity contribution < 1.29 is 4.74 Å². The van der Waals surface area contributed by atoms with Gasteiger partial charge in [-0.25, -0.2) is 0 Å². The number of fused-ring (bicyclic) bond motifs is 1. The first-order valence-electron chi connectivity index (χ1n) is 10.2. The number of rotatable bonds is 4. The zero-order chi connectivity index (χ0) is 16.9. The third-order valence-electron chi connectivity index (χ3n) is 6.78. The molecule has 5 rings (SSSR count). The normalized spacial score (nSPS) is 23.7. The quantitative estimate of drug-likeness (QED) is 0.884. The molecule has 25 heavy (non-hydrogen) atoms. The highest BCUT2D eigenvalue weighted by Crippen LogP contribution is 2.38. The Morgan fingerprint density at radius 2 is 2.08 bits per heavy atom. The fourth-order valence-corrected chi connectivity index (χ4v) is 5.03. The van der Waals surface area contributed by atoms with E-state index in [4.69, 9.17) is 4.74 Å². The predicted octanol–water partition coefficient (Wildman–Crippen LogP) is 4.57. The van der Waals surface area contributed by atoms with Crippen molar-refractivity contribution in [3.63, 3.8) is 0 Å². The maximum absolute atomic E-state index is 6.11. The van der Waals surface area contributed by atoms with Crippen molar-refractivity contribution in [3.8, 4) is 0 Å². The highest BCUT2D eigenvalue weighted by atomic mass is 16.5. The van der Waals surface area contributed by atoms with Crippen LogP contribution in [0.5, 0.6) is 0 Å². The molecule has 1 aliphatic carbocycles. The number of likely N-dealkylation sites (tertiary alicyclic amines) is 1. The molecule has 2 saturated heterocycles. The molecule has 3 aliphatic rings. The van der Waals surface area contributed by atoms with E-state index in [1.54, 1.807) is 11.1 Å². The Morgan fingerprint density at radius 3 is 2.80 bits per heavy atom. The molecule has 2 aliphatic heterocycles. The Morgan fingerprint density at radius 1 is 1.24 bits per heavy atom. The highest BCUT2D eigenvalue weighted by molar-refractivity contribution is 5.87. The maximum atomic E-state index is 6.11. The molecule has 0 atom stereocenters. The van der Waals surface area contributed by atoms with Crippen LogP contribution in [0.1, 0.15) is 55.2 Å². The largest absolute Gasteiger partial charge is 0.375 e. The number of hydrogen-bond acceptors (Lipinski definition) is 2.